The van der Waals surface area contributed by atoms with Crippen LogP contribution in [-0.2, 0) is 6.42 Å². The Balaban J connectivity index is 1.65. The van der Waals surface area contributed by atoms with E-state index in [1.54, 1.807) is 0 Å². The van der Waals surface area contributed by atoms with Crippen molar-refractivity contribution >= 4 is 5.96 Å². The quantitative estimate of drug-likeness (QED) is 0.561. The summed E-state index contributed by atoms with van der Waals surface area (Å²) in [5.74, 6) is 1.71. The molecule has 1 aromatic rings. The molecule has 0 bridgehead atoms. The minimum Gasteiger partial charge on any atom is -0.356 e. The van der Waals surface area contributed by atoms with Crippen molar-refractivity contribution in [2.75, 3.05) is 33.2 Å². The van der Waals surface area contributed by atoms with Crippen LogP contribution in [0.2, 0.25) is 0 Å². The van der Waals surface area contributed by atoms with E-state index in [0.29, 0.717) is 6.04 Å². The number of hydrogen-bond acceptors (Lipinski definition) is 2. The molecule has 0 aromatic heterocycles. The number of benzene rings is 1. The highest BCUT2D eigenvalue weighted by atomic mass is 15.2. The highest BCUT2D eigenvalue weighted by Gasteiger charge is 2.18. The minimum absolute atomic E-state index is 0.415. The van der Waals surface area contributed by atoms with Gasteiger partial charge in [-0.2, -0.15) is 0 Å². The number of likely N-dealkylation sites (tertiary alicyclic amines) is 1. The zero-order valence-electron chi connectivity index (χ0n) is 16.3. The van der Waals surface area contributed by atoms with Gasteiger partial charge < -0.3 is 15.5 Å². The van der Waals surface area contributed by atoms with Crippen molar-refractivity contribution in [1.82, 2.24) is 15.5 Å². The lowest BCUT2D eigenvalue weighted by Gasteiger charge is -2.32. The lowest BCUT2D eigenvalue weighted by Crippen LogP contribution is -2.45. The number of nitrogens with zero attached hydrogens (tertiary/aromatic N) is 2. The molecule has 1 fully saturated rings. The summed E-state index contributed by atoms with van der Waals surface area (Å²) in [4.78, 5) is 6.99. The molecule has 0 amide bonds. The molecule has 1 heterocycles. The van der Waals surface area contributed by atoms with Gasteiger partial charge in [0, 0.05) is 19.6 Å². The molecule has 0 radical (unpaired) electrons. The Kier molecular flexibility index (Phi) is 8.81. The lowest BCUT2D eigenvalue weighted by molar-refractivity contribution is 0.185. The largest absolute Gasteiger partial charge is 0.356 e. The van der Waals surface area contributed by atoms with Crippen molar-refractivity contribution in [3.05, 3.63) is 35.9 Å². The van der Waals surface area contributed by atoms with Crippen LogP contribution >= 0.6 is 0 Å². The first-order valence-electron chi connectivity index (χ1n) is 9.94. The highest BCUT2D eigenvalue weighted by molar-refractivity contribution is 5.79. The number of aryl methyl sites for hydroxylation is 1. The molecule has 1 unspecified atom stereocenters. The van der Waals surface area contributed by atoms with Gasteiger partial charge in [-0.1, -0.05) is 37.3 Å². The van der Waals surface area contributed by atoms with Gasteiger partial charge in [0.25, 0.3) is 0 Å². The zero-order chi connectivity index (χ0) is 17.9. The van der Waals surface area contributed by atoms with Gasteiger partial charge in [-0.3, -0.25) is 4.99 Å². The second-order valence-electron chi connectivity index (χ2n) is 7.31. The molecular weight excluding hydrogens is 308 g/mol. The topological polar surface area (TPSA) is 39.7 Å². The van der Waals surface area contributed by atoms with E-state index in [9.17, 15) is 0 Å². The maximum atomic E-state index is 4.40. The summed E-state index contributed by atoms with van der Waals surface area (Å²) in [5, 5.41) is 7.07. The normalized spacial score (nSPS) is 18.1. The van der Waals surface area contributed by atoms with E-state index < -0.39 is 0 Å². The van der Waals surface area contributed by atoms with E-state index >= 15 is 0 Å². The van der Waals surface area contributed by atoms with Crippen molar-refractivity contribution in [3.8, 4) is 0 Å². The third-order valence-corrected chi connectivity index (χ3v) is 5.12. The average molecular weight is 345 g/mol. The van der Waals surface area contributed by atoms with Crippen LogP contribution in [-0.4, -0.2) is 50.1 Å². The number of rotatable bonds is 8. The summed E-state index contributed by atoms with van der Waals surface area (Å²) in [6, 6.07) is 11.1. The monoisotopic (exact) mass is 344 g/mol. The summed E-state index contributed by atoms with van der Waals surface area (Å²) in [6.07, 6.45) is 6.07. The predicted molar refractivity (Wildman–Crippen MR) is 108 cm³/mol. The number of hydrogen-bond donors (Lipinski definition) is 2. The first-order valence-corrected chi connectivity index (χ1v) is 9.94. The molecule has 1 saturated heterocycles. The van der Waals surface area contributed by atoms with Gasteiger partial charge >= 0.3 is 0 Å². The smallest absolute Gasteiger partial charge is 0.191 e. The van der Waals surface area contributed by atoms with Crippen LogP contribution in [0.3, 0.4) is 0 Å². The van der Waals surface area contributed by atoms with Crippen molar-refractivity contribution in [3.63, 3.8) is 0 Å². The molecule has 2 rings (SSSR count). The molecule has 4 heteroatoms. The zero-order valence-corrected chi connectivity index (χ0v) is 16.3. The Bertz CT molecular complexity index is 492. The second kappa shape index (κ2) is 11.1. The Morgan fingerprint density at radius 1 is 1.24 bits per heavy atom. The Labute approximate surface area is 154 Å². The fourth-order valence-corrected chi connectivity index (χ4v) is 3.50. The molecule has 25 heavy (non-hydrogen) atoms. The van der Waals surface area contributed by atoms with Gasteiger partial charge in [0.05, 0.1) is 0 Å². The maximum Gasteiger partial charge on any atom is 0.191 e. The van der Waals surface area contributed by atoms with Gasteiger partial charge in [-0.25, -0.2) is 0 Å². The van der Waals surface area contributed by atoms with E-state index in [2.05, 4.69) is 64.7 Å². The molecule has 1 atom stereocenters. The minimum atomic E-state index is 0.415. The van der Waals surface area contributed by atoms with Crippen LogP contribution in [0.25, 0.3) is 0 Å². The third-order valence-electron chi connectivity index (χ3n) is 5.12. The van der Waals surface area contributed by atoms with E-state index in [1.165, 1.54) is 44.5 Å². The van der Waals surface area contributed by atoms with Crippen LogP contribution in [0.5, 0.6) is 0 Å². The first kappa shape index (κ1) is 19.8. The van der Waals surface area contributed by atoms with E-state index in [4.69, 9.17) is 0 Å². The van der Waals surface area contributed by atoms with Gasteiger partial charge in [-0.15, -0.1) is 0 Å². The molecule has 2 N–H and O–H groups in total. The predicted octanol–water partition coefficient (Wildman–Crippen LogP) is 3.29. The maximum absolute atomic E-state index is 4.40. The standard InChI is InChI=1S/C21H36N4/c1-4-14-25-15-12-20(13-16-25)17-23-21(22-3)24-18(2)10-11-19-8-6-5-7-9-19/h5-9,18,20H,4,10-17H2,1-3H3,(H2,22,23,24). The van der Waals surface area contributed by atoms with Crippen LogP contribution in [0.15, 0.2) is 35.3 Å². The molecule has 140 valence electrons. The molecule has 4 nitrogen and oxygen atoms in total. The molecule has 1 aromatic carbocycles. The van der Waals surface area contributed by atoms with E-state index in [-0.39, 0.29) is 0 Å². The van der Waals surface area contributed by atoms with Crippen LogP contribution in [0.4, 0.5) is 0 Å². The van der Waals surface area contributed by atoms with Gasteiger partial charge in [0.1, 0.15) is 0 Å². The van der Waals surface area contributed by atoms with Crippen LogP contribution < -0.4 is 10.6 Å². The second-order valence-corrected chi connectivity index (χ2v) is 7.31. The number of aliphatic imine (C=N–C) groups is 1. The van der Waals surface area contributed by atoms with E-state index in [0.717, 1.165) is 31.3 Å². The number of piperidine rings is 1. The summed E-state index contributed by atoms with van der Waals surface area (Å²) in [7, 11) is 1.86. The lowest BCUT2D eigenvalue weighted by atomic mass is 9.97. The van der Waals surface area contributed by atoms with E-state index in [1.807, 2.05) is 7.05 Å². The number of guanidine groups is 1. The van der Waals surface area contributed by atoms with Crippen LogP contribution in [0.1, 0.15) is 45.1 Å². The summed E-state index contributed by atoms with van der Waals surface area (Å²) in [5.41, 5.74) is 1.40. The third kappa shape index (κ3) is 7.47. The Morgan fingerprint density at radius 3 is 2.60 bits per heavy atom. The summed E-state index contributed by atoms with van der Waals surface area (Å²) in [6.45, 7) is 9.29. The molecule has 0 spiro atoms. The fraction of sp³-hybridized carbons (Fsp3) is 0.667. The molecule has 1 aliphatic rings. The number of nitrogens with one attached hydrogen (secondary N) is 2. The van der Waals surface area contributed by atoms with Crippen molar-refractivity contribution in [2.45, 2.75) is 52.0 Å². The molecule has 0 aliphatic carbocycles. The van der Waals surface area contributed by atoms with Gasteiger partial charge in [0.15, 0.2) is 5.96 Å². The summed E-state index contributed by atoms with van der Waals surface area (Å²) >= 11 is 0. The fourth-order valence-electron chi connectivity index (χ4n) is 3.50. The summed E-state index contributed by atoms with van der Waals surface area (Å²) < 4.78 is 0. The highest BCUT2D eigenvalue weighted by Crippen LogP contribution is 2.16. The van der Waals surface area contributed by atoms with Crippen LogP contribution in [0, 0.1) is 5.92 Å². The van der Waals surface area contributed by atoms with Crippen molar-refractivity contribution in [2.24, 2.45) is 10.9 Å². The SMILES string of the molecule is CCCN1CCC(CNC(=NC)NC(C)CCc2ccccc2)CC1. The Hall–Kier alpha value is -1.55. The molecule has 0 saturated carbocycles. The molecular formula is C21H36N4. The first-order chi connectivity index (χ1) is 12.2. The van der Waals surface area contributed by atoms with Gasteiger partial charge in [0.2, 0.25) is 0 Å². The average Bonchev–Trinajstić information content (AvgIpc) is 2.65. The molecule has 1 aliphatic heterocycles. The van der Waals surface area contributed by atoms with Gasteiger partial charge in [-0.05, 0) is 70.1 Å². The van der Waals surface area contributed by atoms with Crippen molar-refractivity contribution < 1.29 is 0 Å². The van der Waals surface area contributed by atoms with Crippen molar-refractivity contribution in [1.29, 1.82) is 0 Å². The Morgan fingerprint density at radius 2 is 1.96 bits per heavy atom.